The zero-order valence-corrected chi connectivity index (χ0v) is 13.0. The van der Waals surface area contributed by atoms with Crippen molar-refractivity contribution in [2.75, 3.05) is 44.2 Å². The standard InChI is InChI=1S/C17H29N3/c1-3-7-16(2)18-10-11-19-12-14-20(15-13-19)17-8-5-4-6-9-17/h4-6,8-9,16,18H,3,7,10-15H2,1-2H3. The van der Waals surface area contributed by atoms with Crippen LogP contribution in [0.2, 0.25) is 0 Å². The third kappa shape index (κ3) is 4.80. The number of para-hydroxylation sites is 1. The van der Waals surface area contributed by atoms with Crippen molar-refractivity contribution in [1.29, 1.82) is 0 Å². The van der Waals surface area contributed by atoms with Gasteiger partial charge in [0.25, 0.3) is 0 Å². The highest BCUT2D eigenvalue weighted by Gasteiger charge is 2.16. The van der Waals surface area contributed by atoms with E-state index in [0.29, 0.717) is 6.04 Å². The SMILES string of the molecule is CCCC(C)NCCN1CCN(c2ccccc2)CC1. The molecule has 2 rings (SSSR count). The molecule has 1 heterocycles. The van der Waals surface area contributed by atoms with Gasteiger partial charge in [0.1, 0.15) is 0 Å². The molecule has 0 aliphatic carbocycles. The summed E-state index contributed by atoms with van der Waals surface area (Å²) in [4.78, 5) is 5.06. The zero-order chi connectivity index (χ0) is 14.2. The number of rotatable bonds is 7. The van der Waals surface area contributed by atoms with E-state index in [1.807, 2.05) is 0 Å². The van der Waals surface area contributed by atoms with Gasteiger partial charge in [-0.3, -0.25) is 4.90 Å². The van der Waals surface area contributed by atoms with E-state index in [1.165, 1.54) is 38.2 Å². The Bertz CT molecular complexity index is 358. The molecule has 0 bridgehead atoms. The second-order valence-electron chi connectivity index (χ2n) is 5.81. The van der Waals surface area contributed by atoms with E-state index < -0.39 is 0 Å². The van der Waals surface area contributed by atoms with Gasteiger partial charge in [-0.05, 0) is 25.5 Å². The summed E-state index contributed by atoms with van der Waals surface area (Å²) >= 11 is 0. The highest BCUT2D eigenvalue weighted by atomic mass is 15.3. The highest BCUT2D eigenvalue weighted by Crippen LogP contribution is 2.15. The van der Waals surface area contributed by atoms with Crippen molar-refractivity contribution >= 4 is 5.69 Å². The lowest BCUT2D eigenvalue weighted by molar-refractivity contribution is 0.254. The van der Waals surface area contributed by atoms with Crippen molar-refractivity contribution in [3.63, 3.8) is 0 Å². The van der Waals surface area contributed by atoms with Gasteiger partial charge in [-0.25, -0.2) is 0 Å². The van der Waals surface area contributed by atoms with Crippen molar-refractivity contribution in [3.8, 4) is 0 Å². The molecule has 1 aliphatic heterocycles. The second kappa shape index (κ2) is 8.28. The lowest BCUT2D eigenvalue weighted by Gasteiger charge is -2.36. The lowest BCUT2D eigenvalue weighted by atomic mass is 10.2. The smallest absolute Gasteiger partial charge is 0.0367 e. The molecule has 1 atom stereocenters. The summed E-state index contributed by atoms with van der Waals surface area (Å²) in [6.07, 6.45) is 2.55. The fourth-order valence-electron chi connectivity index (χ4n) is 2.87. The quantitative estimate of drug-likeness (QED) is 0.825. The first-order chi connectivity index (χ1) is 9.79. The average molecular weight is 275 g/mol. The van der Waals surface area contributed by atoms with Gasteiger partial charge in [0.05, 0.1) is 0 Å². The first-order valence-electron chi connectivity index (χ1n) is 8.05. The highest BCUT2D eigenvalue weighted by molar-refractivity contribution is 5.46. The molecular formula is C17H29N3. The van der Waals surface area contributed by atoms with Crippen LogP contribution in [0.3, 0.4) is 0 Å². The predicted octanol–water partition coefficient (Wildman–Crippen LogP) is 2.59. The molecule has 0 amide bonds. The van der Waals surface area contributed by atoms with E-state index in [1.54, 1.807) is 0 Å². The van der Waals surface area contributed by atoms with E-state index in [9.17, 15) is 0 Å². The van der Waals surface area contributed by atoms with Gasteiger partial charge in [-0.15, -0.1) is 0 Å². The van der Waals surface area contributed by atoms with Gasteiger partial charge in [-0.1, -0.05) is 31.5 Å². The van der Waals surface area contributed by atoms with E-state index in [4.69, 9.17) is 0 Å². The molecule has 1 aliphatic rings. The first-order valence-corrected chi connectivity index (χ1v) is 8.05. The average Bonchev–Trinajstić information content (AvgIpc) is 2.49. The van der Waals surface area contributed by atoms with Crippen molar-refractivity contribution in [3.05, 3.63) is 30.3 Å². The van der Waals surface area contributed by atoms with Gasteiger partial charge in [0.2, 0.25) is 0 Å². The summed E-state index contributed by atoms with van der Waals surface area (Å²) in [5, 5.41) is 3.62. The fourth-order valence-corrected chi connectivity index (χ4v) is 2.87. The number of hydrogen-bond donors (Lipinski definition) is 1. The summed E-state index contributed by atoms with van der Waals surface area (Å²) in [7, 11) is 0. The topological polar surface area (TPSA) is 18.5 Å². The van der Waals surface area contributed by atoms with Crippen LogP contribution in [0.15, 0.2) is 30.3 Å². The minimum absolute atomic E-state index is 0.658. The number of nitrogens with one attached hydrogen (secondary N) is 1. The molecule has 0 saturated carbocycles. The fraction of sp³-hybridized carbons (Fsp3) is 0.647. The van der Waals surface area contributed by atoms with Crippen LogP contribution in [-0.4, -0.2) is 50.2 Å². The van der Waals surface area contributed by atoms with Crippen molar-refractivity contribution in [1.82, 2.24) is 10.2 Å². The van der Waals surface area contributed by atoms with E-state index in [0.717, 1.165) is 19.6 Å². The van der Waals surface area contributed by atoms with Gasteiger partial charge in [-0.2, -0.15) is 0 Å². The van der Waals surface area contributed by atoms with Crippen molar-refractivity contribution in [2.24, 2.45) is 0 Å². The molecule has 1 N–H and O–H groups in total. The third-order valence-electron chi connectivity index (χ3n) is 4.14. The van der Waals surface area contributed by atoms with Crippen LogP contribution in [0.4, 0.5) is 5.69 Å². The number of nitrogens with zero attached hydrogens (tertiary/aromatic N) is 2. The molecule has 0 spiro atoms. The monoisotopic (exact) mass is 275 g/mol. The lowest BCUT2D eigenvalue weighted by Crippen LogP contribution is -2.48. The molecule has 0 aromatic heterocycles. The van der Waals surface area contributed by atoms with Gasteiger partial charge in [0, 0.05) is 51.0 Å². The second-order valence-corrected chi connectivity index (χ2v) is 5.81. The summed E-state index contributed by atoms with van der Waals surface area (Å²) in [5.74, 6) is 0. The summed E-state index contributed by atoms with van der Waals surface area (Å²) in [6, 6.07) is 11.4. The maximum atomic E-state index is 3.62. The van der Waals surface area contributed by atoms with Crippen LogP contribution in [0.25, 0.3) is 0 Å². The number of benzene rings is 1. The largest absolute Gasteiger partial charge is 0.369 e. The molecule has 1 fully saturated rings. The Morgan fingerprint density at radius 2 is 1.80 bits per heavy atom. The normalized spacial score (nSPS) is 18.2. The maximum absolute atomic E-state index is 3.62. The van der Waals surface area contributed by atoms with Crippen molar-refractivity contribution in [2.45, 2.75) is 32.7 Å². The Hall–Kier alpha value is -1.06. The van der Waals surface area contributed by atoms with Gasteiger partial charge in [0.15, 0.2) is 0 Å². The molecule has 20 heavy (non-hydrogen) atoms. The molecule has 1 aromatic rings. The van der Waals surface area contributed by atoms with Crippen LogP contribution in [0.5, 0.6) is 0 Å². The minimum atomic E-state index is 0.658. The predicted molar refractivity (Wildman–Crippen MR) is 87.5 cm³/mol. The van der Waals surface area contributed by atoms with E-state index in [-0.39, 0.29) is 0 Å². The summed E-state index contributed by atoms with van der Waals surface area (Å²) in [6.45, 7) is 11.5. The van der Waals surface area contributed by atoms with Crippen LogP contribution >= 0.6 is 0 Å². The first kappa shape index (κ1) is 15.3. The Morgan fingerprint density at radius 1 is 1.10 bits per heavy atom. The Labute approximate surface area is 124 Å². The number of hydrogen-bond acceptors (Lipinski definition) is 3. The van der Waals surface area contributed by atoms with Crippen LogP contribution < -0.4 is 10.2 Å². The van der Waals surface area contributed by atoms with Crippen LogP contribution in [-0.2, 0) is 0 Å². The Morgan fingerprint density at radius 3 is 2.45 bits per heavy atom. The zero-order valence-electron chi connectivity index (χ0n) is 13.0. The number of anilines is 1. The van der Waals surface area contributed by atoms with E-state index in [2.05, 4.69) is 59.3 Å². The summed E-state index contributed by atoms with van der Waals surface area (Å²) < 4.78 is 0. The molecule has 1 unspecified atom stereocenters. The van der Waals surface area contributed by atoms with Gasteiger partial charge >= 0.3 is 0 Å². The maximum Gasteiger partial charge on any atom is 0.0367 e. The number of piperazine rings is 1. The van der Waals surface area contributed by atoms with Crippen molar-refractivity contribution < 1.29 is 0 Å². The Balaban J connectivity index is 1.65. The van der Waals surface area contributed by atoms with Crippen LogP contribution in [0.1, 0.15) is 26.7 Å². The molecule has 0 radical (unpaired) electrons. The van der Waals surface area contributed by atoms with Crippen LogP contribution in [0, 0.1) is 0 Å². The molecule has 3 nitrogen and oxygen atoms in total. The molecule has 112 valence electrons. The molecular weight excluding hydrogens is 246 g/mol. The van der Waals surface area contributed by atoms with E-state index >= 15 is 0 Å². The third-order valence-corrected chi connectivity index (χ3v) is 4.14. The Kier molecular flexibility index (Phi) is 6.34. The van der Waals surface area contributed by atoms with Gasteiger partial charge < -0.3 is 10.2 Å². The molecule has 3 heteroatoms. The molecule has 1 saturated heterocycles. The minimum Gasteiger partial charge on any atom is -0.369 e. The summed E-state index contributed by atoms with van der Waals surface area (Å²) in [5.41, 5.74) is 1.36. The molecule has 1 aromatic carbocycles.